The van der Waals surface area contributed by atoms with Gasteiger partial charge in [-0.3, -0.25) is 4.79 Å². The molecule has 0 bridgehead atoms. The highest BCUT2D eigenvalue weighted by atomic mass is 32.1. The highest BCUT2D eigenvalue weighted by Crippen LogP contribution is 2.13. The van der Waals surface area contributed by atoms with Crippen molar-refractivity contribution in [2.45, 2.75) is 31.8 Å². The van der Waals surface area contributed by atoms with Gasteiger partial charge in [-0.15, -0.1) is 0 Å². The number of carbonyl (C=O) groups is 2. The fourth-order valence-electron chi connectivity index (χ4n) is 1.28. The van der Waals surface area contributed by atoms with Crippen molar-refractivity contribution in [1.82, 2.24) is 0 Å². The summed E-state index contributed by atoms with van der Waals surface area (Å²) in [6, 6.07) is 0. The van der Waals surface area contributed by atoms with Gasteiger partial charge in [0.15, 0.2) is 0 Å². The van der Waals surface area contributed by atoms with Gasteiger partial charge in [-0.2, -0.15) is 0 Å². The molecule has 0 radical (unpaired) electrons. The Morgan fingerprint density at radius 3 is 3.08 bits per heavy atom. The Morgan fingerprint density at radius 1 is 1.62 bits per heavy atom. The second-order valence-electron chi connectivity index (χ2n) is 2.99. The average molecular weight is 200 g/mol. The summed E-state index contributed by atoms with van der Waals surface area (Å²) < 4.78 is 4.89. The predicted molar refractivity (Wildman–Crippen MR) is 51.9 cm³/mol. The van der Waals surface area contributed by atoms with E-state index in [9.17, 15) is 9.59 Å². The zero-order valence-corrected chi connectivity index (χ0v) is 8.13. The molecule has 1 rings (SSSR count). The maximum absolute atomic E-state index is 11.0. The molecule has 0 fully saturated rings. The smallest absolute Gasteiger partial charge is 0.364 e. The van der Waals surface area contributed by atoms with E-state index in [1.165, 1.54) is 0 Å². The van der Waals surface area contributed by atoms with Crippen LogP contribution in [0.5, 0.6) is 0 Å². The molecule has 0 saturated carbocycles. The average Bonchev–Trinajstić information content (AvgIpc) is 1.99. The van der Waals surface area contributed by atoms with Crippen molar-refractivity contribution in [3.63, 3.8) is 0 Å². The van der Waals surface area contributed by atoms with Crippen molar-refractivity contribution < 1.29 is 14.3 Å². The van der Waals surface area contributed by atoms with Gasteiger partial charge in [-0.05, 0) is 18.9 Å². The molecule has 13 heavy (non-hydrogen) atoms. The van der Waals surface area contributed by atoms with E-state index in [-0.39, 0.29) is 11.9 Å². The maximum Gasteiger partial charge on any atom is 0.364 e. The van der Waals surface area contributed by atoms with Crippen LogP contribution in [0.3, 0.4) is 0 Å². The van der Waals surface area contributed by atoms with Gasteiger partial charge in [0.25, 0.3) is 0 Å². The Labute approximate surface area is 82.6 Å². The topological polar surface area (TPSA) is 43.4 Å². The normalized spacial score (nSPS) is 23.5. The largest absolute Gasteiger partial charge is 0.450 e. The summed E-state index contributed by atoms with van der Waals surface area (Å²) in [7, 11) is 0. The summed E-state index contributed by atoms with van der Waals surface area (Å²) in [5.74, 6) is 0.243. The number of hydrogen-bond acceptors (Lipinski definition) is 3. The minimum atomic E-state index is -0.568. The lowest BCUT2D eigenvalue weighted by Crippen LogP contribution is -2.14. The Bertz CT molecular complexity index is 235. The number of allylic oxidation sites excluding steroid dienone is 1. The van der Waals surface area contributed by atoms with Crippen LogP contribution in [0.1, 0.15) is 25.7 Å². The standard InChI is InChI=1S/C9H12O3S/c10-7-3-1-5-8(6-2-4-7)12-9(11)13/h1,5,8H,2-4,6H2,(H,11,13). The molecule has 1 unspecified atom stereocenters. The van der Waals surface area contributed by atoms with E-state index < -0.39 is 5.30 Å². The maximum atomic E-state index is 11.0. The van der Waals surface area contributed by atoms with Crippen molar-refractivity contribution in [2.24, 2.45) is 0 Å². The molecular weight excluding hydrogens is 188 g/mol. The molecule has 0 heterocycles. The molecule has 1 aliphatic rings. The number of hydrogen-bond donors (Lipinski definition) is 1. The third-order valence-electron chi connectivity index (χ3n) is 1.89. The second-order valence-corrected chi connectivity index (χ2v) is 3.35. The molecule has 0 saturated heterocycles. The van der Waals surface area contributed by atoms with Gasteiger partial charge in [0.05, 0.1) is 0 Å². The molecule has 0 amide bonds. The molecule has 0 aliphatic heterocycles. The first-order valence-corrected chi connectivity index (χ1v) is 4.71. The lowest BCUT2D eigenvalue weighted by atomic mass is 10.0. The number of carbonyl (C=O) groups excluding carboxylic acids is 2. The third kappa shape index (κ3) is 4.12. The molecular formula is C9H12O3S. The van der Waals surface area contributed by atoms with Crippen LogP contribution in [0.15, 0.2) is 12.2 Å². The summed E-state index contributed by atoms with van der Waals surface area (Å²) in [6.07, 6.45) is 5.79. The summed E-state index contributed by atoms with van der Waals surface area (Å²) in [6.45, 7) is 0. The van der Waals surface area contributed by atoms with Gasteiger partial charge in [0, 0.05) is 12.8 Å². The van der Waals surface area contributed by atoms with Gasteiger partial charge in [-0.25, -0.2) is 4.79 Å². The van der Waals surface area contributed by atoms with Crippen molar-refractivity contribution in [2.75, 3.05) is 0 Å². The van der Waals surface area contributed by atoms with Gasteiger partial charge < -0.3 is 4.74 Å². The van der Waals surface area contributed by atoms with E-state index in [0.717, 1.165) is 6.42 Å². The van der Waals surface area contributed by atoms with Gasteiger partial charge in [0.1, 0.15) is 11.9 Å². The number of ketones is 1. The molecule has 1 atom stereocenters. The predicted octanol–water partition coefficient (Wildman–Crippen LogP) is 2.12. The van der Waals surface area contributed by atoms with Crippen LogP contribution in [-0.4, -0.2) is 17.2 Å². The number of rotatable bonds is 1. The molecule has 0 spiro atoms. The summed E-state index contributed by atoms with van der Waals surface area (Å²) in [5.41, 5.74) is 0. The van der Waals surface area contributed by atoms with E-state index in [2.05, 4.69) is 12.6 Å². The molecule has 72 valence electrons. The van der Waals surface area contributed by atoms with Crippen LogP contribution in [0.2, 0.25) is 0 Å². The zero-order chi connectivity index (χ0) is 9.68. The first kappa shape index (κ1) is 10.3. The third-order valence-corrected chi connectivity index (χ3v) is 2.00. The molecule has 4 heteroatoms. The first-order chi connectivity index (χ1) is 6.18. The monoisotopic (exact) mass is 200 g/mol. The number of thiol groups is 1. The second kappa shape index (κ2) is 5.07. The Kier molecular flexibility index (Phi) is 4.02. The van der Waals surface area contributed by atoms with Crippen LogP contribution < -0.4 is 0 Å². The summed E-state index contributed by atoms with van der Waals surface area (Å²) in [4.78, 5) is 21.5. The van der Waals surface area contributed by atoms with E-state index in [1.807, 2.05) is 0 Å². The van der Waals surface area contributed by atoms with Gasteiger partial charge in [-0.1, -0.05) is 18.7 Å². The Balaban J connectivity index is 2.47. The quantitative estimate of drug-likeness (QED) is 0.400. The highest BCUT2D eigenvalue weighted by molar-refractivity contribution is 7.96. The molecule has 0 aromatic carbocycles. The lowest BCUT2D eigenvalue weighted by Gasteiger charge is -2.13. The van der Waals surface area contributed by atoms with Crippen LogP contribution >= 0.6 is 12.6 Å². The lowest BCUT2D eigenvalue weighted by molar-refractivity contribution is -0.118. The van der Waals surface area contributed by atoms with E-state index in [4.69, 9.17) is 4.74 Å². The van der Waals surface area contributed by atoms with Crippen molar-refractivity contribution in [3.05, 3.63) is 12.2 Å². The Hall–Kier alpha value is -0.770. The fourth-order valence-corrected chi connectivity index (χ4v) is 1.41. The summed E-state index contributed by atoms with van der Waals surface area (Å²) >= 11 is 3.53. The number of Topliss-reactive ketones (excluding diaryl/α,β-unsaturated/α-hetero) is 1. The SMILES string of the molecule is O=C1CC=CC(OC(=O)S)CCC1. The Morgan fingerprint density at radius 2 is 2.38 bits per heavy atom. The van der Waals surface area contributed by atoms with Gasteiger partial charge >= 0.3 is 5.30 Å². The van der Waals surface area contributed by atoms with Crippen LogP contribution in [0, 0.1) is 0 Å². The van der Waals surface area contributed by atoms with E-state index in [0.29, 0.717) is 19.3 Å². The van der Waals surface area contributed by atoms with Crippen molar-refractivity contribution >= 4 is 23.7 Å². The molecule has 0 N–H and O–H groups in total. The van der Waals surface area contributed by atoms with E-state index >= 15 is 0 Å². The van der Waals surface area contributed by atoms with Crippen LogP contribution in [0.4, 0.5) is 4.79 Å². The highest BCUT2D eigenvalue weighted by Gasteiger charge is 2.12. The van der Waals surface area contributed by atoms with Crippen molar-refractivity contribution in [3.8, 4) is 0 Å². The van der Waals surface area contributed by atoms with Crippen LogP contribution in [-0.2, 0) is 9.53 Å². The van der Waals surface area contributed by atoms with E-state index in [1.54, 1.807) is 12.2 Å². The van der Waals surface area contributed by atoms with Gasteiger partial charge in [0.2, 0.25) is 0 Å². The van der Waals surface area contributed by atoms with Crippen molar-refractivity contribution in [1.29, 1.82) is 0 Å². The molecule has 3 nitrogen and oxygen atoms in total. The summed E-state index contributed by atoms with van der Waals surface area (Å²) in [5, 5.41) is -0.568. The molecule has 0 aromatic rings. The zero-order valence-electron chi connectivity index (χ0n) is 7.23. The molecule has 1 aliphatic carbocycles. The minimum absolute atomic E-state index is 0.210. The van der Waals surface area contributed by atoms with Crippen LogP contribution in [0.25, 0.3) is 0 Å². The molecule has 0 aromatic heterocycles. The number of ether oxygens (including phenoxy) is 1. The minimum Gasteiger partial charge on any atom is -0.450 e. The first-order valence-electron chi connectivity index (χ1n) is 4.26. The fraction of sp³-hybridized carbons (Fsp3) is 0.556.